The summed E-state index contributed by atoms with van der Waals surface area (Å²) in [5.41, 5.74) is 1.00. The molecule has 5 nitrogen and oxygen atoms in total. The SMILES string of the molecule is CCC(NC(=O)CCNS(=O)(=O)c1ccccc1Cl)c1ccc(Br)cc1. The van der Waals surface area contributed by atoms with Crippen LogP contribution in [0, 0.1) is 0 Å². The number of amides is 1. The Balaban J connectivity index is 1.90. The van der Waals surface area contributed by atoms with E-state index in [1.54, 1.807) is 12.1 Å². The molecule has 0 aliphatic rings. The Labute approximate surface area is 167 Å². The highest BCUT2D eigenvalue weighted by molar-refractivity contribution is 9.10. The van der Waals surface area contributed by atoms with Crippen molar-refractivity contribution < 1.29 is 13.2 Å². The predicted molar refractivity (Wildman–Crippen MR) is 107 cm³/mol. The minimum Gasteiger partial charge on any atom is -0.349 e. The molecule has 2 rings (SSSR count). The molecule has 0 aliphatic heterocycles. The summed E-state index contributed by atoms with van der Waals surface area (Å²) in [6.45, 7) is 1.98. The van der Waals surface area contributed by atoms with Crippen LogP contribution < -0.4 is 10.0 Å². The van der Waals surface area contributed by atoms with Gasteiger partial charge < -0.3 is 5.32 Å². The molecular formula is C18H20BrClN2O3S. The third-order valence-corrected chi connectivity index (χ3v) is 6.28. The first-order chi connectivity index (χ1) is 12.3. The van der Waals surface area contributed by atoms with Crippen LogP contribution in [0.1, 0.15) is 31.4 Å². The molecule has 1 unspecified atom stereocenters. The van der Waals surface area contributed by atoms with Crippen LogP contribution in [-0.4, -0.2) is 20.9 Å². The molecule has 0 aromatic heterocycles. The quantitative estimate of drug-likeness (QED) is 0.625. The van der Waals surface area contributed by atoms with E-state index in [4.69, 9.17) is 11.6 Å². The molecule has 0 saturated heterocycles. The summed E-state index contributed by atoms with van der Waals surface area (Å²) in [6.07, 6.45) is 0.773. The lowest BCUT2D eigenvalue weighted by molar-refractivity contribution is -0.121. The first kappa shape index (κ1) is 20.9. The van der Waals surface area contributed by atoms with Gasteiger partial charge in [0.25, 0.3) is 0 Å². The van der Waals surface area contributed by atoms with Gasteiger partial charge in [-0.15, -0.1) is 0 Å². The van der Waals surface area contributed by atoms with Crippen LogP contribution in [0.5, 0.6) is 0 Å². The largest absolute Gasteiger partial charge is 0.349 e. The van der Waals surface area contributed by atoms with Crippen molar-refractivity contribution in [2.45, 2.75) is 30.7 Å². The van der Waals surface area contributed by atoms with E-state index >= 15 is 0 Å². The van der Waals surface area contributed by atoms with Gasteiger partial charge in [0.1, 0.15) is 4.90 Å². The molecule has 0 bridgehead atoms. The monoisotopic (exact) mass is 458 g/mol. The van der Waals surface area contributed by atoms with E-state index in [1.807, 2.05) is 31.2 Å². The highest BCUT2D eigenvalue weighted by Gasteiger charge is 2.18. The van der Waals surface area contributed by atoms with Gasteiger partial charge >= 0.3 is 0 Å². The second kappa shape index (κ2) is 9.50. The van der Waals surface area contributed by atoms with Crippen molar-refractivity contribution in [2.75, 3.05) is 6.54 Å². The Kier molecular flexibility index (Phi) is 7.64. The third-order valence-electron chi connectivity index (χ3n) is 3.79. The molecule has 1 atom stereocenters. The highest BCUT2D eigenvalue weighted by atomic mass is 79.9. The Morgan fingerprint density at radius 3 is 2.42 bits per heavy atom. The number of carbonyl (C=O) groups is 1. The lowest BCUT2D eigenvalue weighted by atomic mass is 10.0. The van der Waals surface area contributed by atoms with Crippen molar-refractivity contribution >= 4 is 43.5 Å². The van der Waals surface area contributed by atoms with E-state index < -0.39 is 10.0 Å². The van der Waals surface area contributed by atoms with Crippen LogP contribution in [-0.2, 0) is 14.8 Å². The fourth-order valence-corrected chi connectivity index (χ4v) is 4.24. The van der Waals surface area contributed by atoms with Crippen LogP contribution in [0.25, 0.3) is 0 Å². The van der Waals surface area contributed by atoms with Crippen LogP contribution in [0.3, 0.4) is 0 Å². The first-order valence-electron chi connectivity index (χ1n) is 8.12. The Bertz CT molecular complexity index is 857. The van der Waals surface area contributed by atoms with Gasteiger partial charge in [-0.2, -0.15) is 0 Å². The molecule has 0 saturated carbocycles. The lowest BCUT2D eigenvalue weighted by Gasteiger charge is -2.18. The minimum atomic E-state index is -3.74. The van der Waals surface area contributed by atoms with Crippen LogP contribution in [0.4, 0.5) is 0 Å². The minimum absolute atomic E-state index is 0.00312. The molecule has 26 heavy (non-hydrogen) atoms. The number of halogens is 2. The van der Waals surface area contributed by atoms with E-state index in [0.717, 1.165) is 16.5 Å². The molecule has 0 fully saturated rings. The maximum atomic E-state index is 12.2. The molecule has 8 heteroatoms. The van der Waals surface area contributed by atoms with Gasteiger partial charge in [0.2, 0.25) is 15.9 Å². The average molecular weight is 460 g/mol. The summed E-state index contributed by atoms with van der Waals surface area (Å²) in [7, 11) is -3.74. The molecule has 2 aromatic rings. The van der Waals surface area contributed by atoms with Gasteiger partial charge in [0.15, 0.2) is 0 Å². The second-order valence-corrected chi connectivity index (χ2v) is 8.72. The molecule has 1 amide bonds. The molecule has 2 aromatic carbocycles. The van der Waals surface area contributed by atoms with Crippen LogP contribution in [0.2, 0.25) is 5.02 Å². The standard InChI is InChI=1S/C18H20BrClN2O3S/c1-2-16(13-7-9-14(19)10-8-13)22-18(23)11-12-21-26(24,25)17-6-4-3-5-15(17)20/h3-10,16,21H,2,11-12H2,1H3,(H,22,23). The van der Waals surface area contributed by atoms with Crippen molar-refractivity contribution in [3.05, 3.63) is 63.6 Å². The van der Waals surface area contributed by atoms with Crippen molar-refractivity contribution in [1.29, 1.82) is 0 Å². The maximum absolute atomic E-state index is 12.2. The number of nitrogens with one attached hydrogen (secondary N) is 2. The molecule has 0 radical (unpaired) electrons. The van der Waals surface area contributed by atoms with Gasteiger partial charge in [0.05, 0.1) is 11.1 Å². The molecule has 0 heterocycles. The van der Waals surface area contributed by atoms with Gasteiger partial charge in [0, 0.05) is 17.4 Å². The normalized spacial score (nSPS) is 12.6. The fraction of sp³-hybridized carbons (Fsp3) is 0.278. The molecule has 0 aliphatic carbocycles. The zero-order chi connectivity index (χ0) is 19.2. The van der Waals surface area contributed by atoms with Gasteiger partial charge in [-0.1, -0.05) is 58.7 Å². The number of benzene rings is 2. The van der Waals surface area contributed by atoms with E-state index in [9.17, 15) is 13.2 Å². The van der Waals surface area contributed by atoms with Gasteiger partial charge in [-0.25, -0.2) is 13.1 Å². The topological polar surface area (TPSA) is 75.3 Å². The Hall–Kier alpha value is -1.41. The lowest BCUT2D eigenvalue weighted by Crippen LogP contribution is -2.32. The number of rotatable bonds is 8. The zero-order valence-corrected chi connectivity index (χ0v) is 17.4. The number of sulfonamides is 1. The summed E-state index contributed by atoms with van der Waals surface area (Å²) in [5.74, 6) is -0.221. The summed E-state index contributed by atoms with van der Waals surface area (Å²) >= 11 is 9.30. The molecule has 2 N–H and O–H groups in total. The Morgan fingerprint density at radius 1 is 1.15 bits per heavy atom. The number of hydrogen-bond donors (Lipinski definition) is 2. The number of hydrogen-bond acceptors (Lipinski definition) is 3. The second-order valence-electron chi connectivity index (χ2n) is 5.66. The van der Waals surface area contributed by atoms with Crippen LogP contribution >= 0.6 is 27.5 Å². The van der Waals surface area contributed by atoms with Gasteiger partial charge in [-0.05, 0) is 36.2 Å². The summed E-state index contributed by atoms with van der Waals surface area (Å²) < 4.78 is 27.8. The van der Waals surface area contributed by atoms with Crippen LogP contribution in [0.15, 0.2) is 57.9 Å². The highest BCUT2D eigenvalue weighted by Crippen LogP contribution is 2.21. The zero-order valence-electron chi connectivity index (χ0n) is 14.2. The van der Waals surface area contributed by atoms with Gasteiger partial charge in [-0.3, -0.25) is 4.79 Å². The smallest absolute Gasteiger partial charge is 0.242 e. The third kappa shape index (κ3) is 5.81. The predicted octanol–water partition coefficient (Wildman–Crippen LogP) is 4.04. The first-order valence-corrected chi connectivity index (χ1v) is 10.8. The molecular weight excluding hydrogens is 440 g/mol. The Morgan fingerprint density at radius 2 is 1.81 bits per heavy atom. The van der Waals surface area contributed by atoms with Crippen molar-refractivity contribution in [3.8, 4) is 0 Å². The summed E-state index contributed by atoms with van der Waals surface area (Å²) in [5, 5.41) is 3.07. The van der Waals surface area contributed by atoms with E-state index in [0.29, 0.717) is 0 Å². The maximum Gasteiger partial charge on any atom is 0.242 e. The van der Waals surface area contributed by atoms with E-state index in [-0.39, 0.29) is 34.8 Å². The van der Waals surface area contributed by atoms with Crippen molar-refractivity contribution in [3.63, 3.8) is 0 Å². The number of carbonyl (C=O) groups excluding carboxylic acids is 1. The van der Waals surface area contributed by atoms with Crippen molar-refractivity contribution in [2.24, 2.45) is 0 Å². The summed E-state index contributed by atoms with van der Waals surface area (Å²) in [4.78, 5) is 12.2. The summed E-state index contributed by atoms with van der Waals surface area (Å²) in [6, 6.07) is 13.8. The van der Waals surface area contributed by atoms with Crippen molar-refractivity contribution in [1.82, 2.24) is 10.0 Å². The fourth-order valence-electron chi connectivity index (χ4n) is 2.42. The van der Waals surface area contributed by atoms with E-state index in [2.05, 4.69) is 26.0 Å². The van der Waals surface area contributed by atoms with E-state index in [1.165, 1.54) is 12.1 Å². The average Bonchev–Trinajstić information content (AvgIpc) is 2.60. The molecule has 140 valence electrons. The molecule has 0 spiro atoms.